The molecule has 0 aromatic heterocycles. The van der Waals surface area contributed by atoms with Crippen molar-refractivity contribution in [1.29, 1.82) is 0 Å². The first-order valence-electron chi connectivity index (χ1n) is 6.06. The van der Waals surface area contributed by atoms with Gasteiger partial charge in [-0.05, 0) is 18.1 Å². The topological polar surface area (TPSA) is 82.9 Å². The SMILES string of the molecule is CC(/C=N\NC(=O)[C@H]1C=NNC1=O)=C\c1ccccc1. The van der Waals surface area contributed by atoms with Gasteiger partial charge >= 0.3 is 0 Å². The van der Waals surface area contributed by atoms with Gasteiger partial charge in [-0.25, -0.2) is 10.9 Å². The van der Waals surface area contributed by atoms with Gasteiger partial charge in [-0.3, -0.25) is 9.59 Å². The van der Waals surface area contributed by atoms with Crippen molar-refractivity contribution < 1.29 is 9.59 Å². The molecule has 1 aliphatic heterocycles. The number of carbonyl (C=O) groups is 2. The number of nitrogens with one attached hydrogen (secondary N) is 2. The Hall–Kier alpha value is -2.76. The molecule has 1 aromatic carbocycles. The van der Waals surface area contributed by atoms with E-state index >= 15 is 0 Å². The van der Waals surface area contributed by atoms with Gasteiger partial charge in [-0.15, -0.1) is 0 Å². The monoisotopic (exact) mass is 270 g/mol. The molecule has 0 spiro atoms. The molecule has 102 valence electrons. The van der Waals surface area contributed by atoms with Crippen LogP contribution in [0.4, 0.5) is 0 Å². The molecule has 0 saturated heterocycles. The normalized spacial score (nSPS) is 18.4. The zero-order valence-corrected chi connectivity index (χ0v) is 10.9. The number of nitrogens with zero attached hydrogens (tertiary/aromatic N) is 2. The maximum Gasteiger partial charge on any atom is 0.258 e. The molecule has 6 heteroatoms. The summed E-state index contributed by atoms with van der Waals surface area (Å²) < 4.78 is 0. The number of amides is 2. The van der Waals surface area contributed by atoms with Gasteiger partial charge in [-0.2, -0.15) is 10.2 Å². The van der Waals surface area contributed by atoms with E-state index in [2.05, 4.69) is 21.1 Å². The minimum absolute atomic E-state index is 0.450. The molecular weight excluding hydrogens is 256 g/mol. The second-order valence-corrected chi connectivity index (χ2v) is 4.27. The highest BCUT2D eigenvalue weighted by Gasteiger charge is 2.28. The molecule has 1 heterocycles. The summed E-state index contributed by atoms with van der Waals surface area (Å²) in [5.74, 6) is -1.87. The highest BCUT2D eigenvalue weighted by atomic mass is 16.2. The Morgan fingerprint density at radius 2 is 2.15 bits per heavy atom. The summed E-state index contributed by atoms with van der Waals surface area (Å²) in [6, 6.07) is 9.76. The van der Waals surface area contributed by atoms with E-state index in [9.17, 15) is 9.59 Å². The van der Waals surface area contributed by atoms with Gasteiger partial charge in [0.15, 0.2) is 5.92 Å². The fourth-order valence-corrected chi connectivity index (χ4v) is 1.62. The first-order valence-corrected chi connectivity index (χ1v) is 6.06. The van der Waals surface area contributed by atoms with Crippen LogP contribution in [0.2, 0.25) is 0 Å². The molecule has 0 radical (unpaired) electrons. The van der Waals surface area contributed by atoms with Crippen LogP contribution in [0.5, 0.6) is 0 Å². The van der Waals surface area contributed by atoms with Crippen molar-refractivity contribution in [3.05, 3.63) is 41.5 Å². The third-order valence-corrected chi connectivity index (χ3v) is 2.60. The molecule has 2 N–H and O–H groups in total. The molecule has 0 fully saturated rings. The van der Waals surface area contributed by atoms with E-state index in [4.69, 9.17) is 0 Å². The number of rotatable bonds is 4. The zero-order valence-electron chi connectivity index (χ0n) is 10.9. The lowest BCUT2D eigenvalue weighted by Crippen LogP contribution is -2.34. The molecule has 1 aromatic rings. The van der Waals surface area contributed by atoms with E-state index < -0.39 is 17.7 Å². The second-order valence-electron chi connectivity index (χ2n) is 4.27. The van der Waals surface area contributed by atoms with Crippen molar-refractivity contribution in [3.63, 3.8) is 0 Å². The molecule has 0 aliphatic carbocycles. The first kappa shape index (κ1) is 13.7. The Morgan fingerprint density at radius 1 is 1.40 bits per heavy atom. The lowest BCUT2D eigenvalue weighted by molar-refractivity contribution is -0.131. The van der Waals surface area contributed by atoms with E-state index in [1.54, 1.807) is 0 Å². The summed E-state index contributed by atoms with van der Waals surface area (Å²) in [5, 5.41) is 7.33. The maximum atomic E-state index is 11.6. The molecule has 0 saturated carbocycles. The van der Waals surface area contributed by atoms with Crippen LogP contribution in [-0.2, 0) is 9.59 Å². The lowest BCUT2D eigenvalue weighted by atomic mass is 10.1. The zero-order chi connectivity index (χ0) is 14.4. The third kappa shape index (κ3) is 3.61. The van der Waals surface area contributed by atoms with Crippen molar-refractivity contribution >= 4 is 30.3 Å². The van der Waals surface area contributed by atoms with Crippen LogP contribution in [0.15, 0.2) is 46.1 Å². The van der Waals surface area contributed by atoms with E-state index in [1.165, 1.54) is 12.4 Å². The number of carbonyl (C=O) groups excluding carboxylic acids is 2. The van der Waals surface area contributed by atoms with E-state index in [-0.39, 0.29) is 0 Å². The predicted molar refractivity (Wildman–Crippen MR) is 76.9 cm³/mol. The number of benzene rings is 1. The summed E-state index contributed by atoms with van der Waals surface area (Å²) >= 11 is 0. The minimum Gasteiger partial charge on any atom is -0.272 e. The van der Waals surface area contributed by atoms with E-state index in [0.717, 1.165) is 11.1 Å². The number of hydrogen-bond donors (Lipinski definition) is 2. The molecule has 0 bridgehead atoms. The van der Waals surface area contributed by atoms with Gasteiger partial charge in [0.05, 0.1) is 6.21 Å². The Bertz CT molecular complexity index is 590. The quantitative estimate of drug-likeness (QED) is 0.484. The van der Waals surface area contributed by atoms with Crippen molar-refractivity contribution in [2.75, 3.05) is 0 Å². The smallest absolute Gasteiger partial charge is 0.258 e. The third-order valence-electron chi connectivity index (χ3n) is 2.60. The van der Waals surface area contributed by atoms with Crippen LogP contribution in [0.25, 0.3) is 6.08 Å². The van der Waals surface area contributed by atoms with Crippen LogP contribution in [-0.4, -0.2) is 24.2 Å². The van der Waals surface area contributed by atoms with Gasteiger partial charge < -0.3 is 0 Å². The Morgan fingerprint density at radius 3 is 2.80 bits per heavy atom. The van der Waals surface area contributed by atoms with Gasteiger partial charge in [0.2, 0.25) is 0 Å². The summed E-state index contributed by atoms with van der Waals surface area (Å²) in [5.41, 5.74) is 6.42. The van der Waals surface area contributed by atoms with Crippen LogP contribution in [0.3, 0.4) is 0 Å². The molecule has 1 aliphatic rings. The average Bonchev–Trinajstić information content (AvgIpc) is 2.86. The van der Waals surface area contributed by atoms with Crippen LogP contribution in [0, 0.1) is 5.92 Å². The average molecular weight is 270 g/mol. The largest absolute Gasteiger partial charge is 0.272 e. The first-order chi connectivity index (χ1) is 9.66. The van der Waals surface area contributed by atoms with Crippen LogP contribution >= 0.6 is 0 Å². The number of hydrazone groups is 2. The van der Waals surface area contributed by atoms with Crippen molar-refractivity contribution in [1.82, 2.24) is 10.9 Å². The van der Waals surface area contributed by atoms with E-state index in [0.29, 0.717) is 0 Å². The maximum absolute atomic E-state index is 11.6. The molecule has 0 unspecified atom stereocenters. The molecule has 1 atom stereocenters. The molecular formula is C14H14N4O2. The summed E-state index contributed by atoms with van der Waals surface area (Å²) in [6.07, 6.45) is 4.70. The highest BCUT2D eigenvalue weighted by molar-refractivity contribution is 6.15. The summed E-state index contributed by atoms with van der Waals surface area (Å²) in [4.78, 5) is 22.8. The Labute approximate surface area is 116 Å². The van der Waals surface area contributed by atoms with Gasteiger partial charge in [-0.1, -0.05) is 36.4 Å². The molecule has 2 amide bonds. The lowest BCUT2D eigenvalue weighted by Gasteiger charge is -2.01. The number of allylic oxidation sites excluding steroid dienone is 1. The Balaban J connectivity index is 1.90. The highest BCUT2D eigenvalue weighted by Crippen LogP contribution is 2.04. The van der Waals surface area contributed by atoms with Crippen LogP contribution < -0.4 is 10.9 Å². The number of hydrogen-bond acceptors (Lipinski definition) is 4. The molecule has 6 nitrogen and oxygen atoms in total. The fourth-order valence-electron chi connectivity index (χ4n) is 1.62. The molecule has 20 heavy (non-hydrogen) atoms. The van der Waals surface area contributed by atoms with Crippen LogP contribution in [0.1, 0.15) is 12.5 Å². The van der Waals surface area contributed by atoms with Gasteiger partial charge in [0, 0.05) is 6.21 Å². The van der Waals surface area contributed by atoms with Crippen molar-refractivity contribution in [2.24, 2.45) is 16.1 Å². The van der Waals surface area contributed by atoms with Gasteiger partial charge in [0.1, 0.15) is 0 Å². The van der Waals surface area contributed by atoms with E-state index in [1.807, 2.05) is 43.3 Å². The predicted octanol–water partition coefficient (Wildman–Crippen LogP) is 0.924. The second kappa shape index (κ2) is 6.42. The minimum atomic E-state index is -0.912. The van der Waals surface area contributed by atoms with Crippen molar-refractivity contribution in [2.45, 2.75) is 6.92 Å². The Kier molecular flexibility index (Phi) is 4.39. The van der Waals surface area contributed by atoms with Crippen molar-refractivity contribution in [3.8, 4) is 0 Å². The summed E-state index contributed by atoms with van der Waals surface area (Å²) in [7, 11) is 0. The standard InChI is InChI=1S/C14H14N4O2/c1-10(7-11-5-3-2-4-6-11)8-15-17-13(19)12-9-16-18-14(12)20/h2-9,12H,1H3,(H,17,19)(H,18,20)/b10-7+,15-8-/t12-/m1/s1. The molecule has 2 rings (SSSR count). The fraction of sp³-hybridized carbons (Fsp3) is 0.143. The van der Waals surface area contributed by atoms with Gasteiger partial charge in [0.25, 0.3) is 11.8 Å². The summed E-state index contributed by atoms with van der Waals surface area (Å²) in [6.45, 7) is 1.87.